The maximum absolute atomic E-state index is 12.3. The number of nitrogens with one attached hydrogen (secondary N) is 2. The highest BCUT2D eigenvalue weighted by atomic mass is 16.7. The van der Waals surface area contributed by atoms with Crippen molar-refractivity contribution in [3.05, 3.63) is 47.5 Å². The molecule has 2 aromatic rings. The number of hydrogen-bond donors (Lipinski definition) is 3. The van der Waals surface area contributed by atoms with Crippen LogP contribution in [-0.4, -0.2) is 31.6 Å². The van der Waals surface area contributed by atoms with E-state index in [1.54, 1.807) is 25.3 Å². The molecule has 0 saturated carbocycles. The quantitative estimate of drug-likeness (QED) is 0.770. The number of aliphatic hydroxyl groups is 1. The Morgan fingerprint density at radius 1 is 1.22 bits per heavy atom. The Kier molecular flexibility index (Phi) is 4.53. The Labute approximate surface area is 157 Å². The summed E-state index contributed by atoms with van der Waals surface area (Å²) in [5.41, 5.74) is 1.41. The number of carbonyl (C=O) groups excluding carboxylic acids is 1. The number of carbonyl (C=O) groups is 1. The van der Waals surface area contributed by atoms with Gasteiger partial charge in [-0.25, -0.2) is 4.79 Å². The Hall–Kier alpha value is -2.93. The summed E-state index contributed by atoms with van der Waals surface area (Å²) in [6, 6.07) is 10.5. The first kappa shape index (κ1) is 17.5. The number of methoxy groups -OCH3 is 1. The number of benzene rings is 2. The zero-order valence-electron chi connectivity index (χ0n) is 15.1. The lowest BCUT2D eigenvalue weighted by Gasteiger charge is -2.34. The Bertz CT molecular complexity index is 869. The lowest BCUT2D eigenvalue weighted by atomic mass is 9.79. The van der Waals surface area contributed by atoms with E-state index in [9.17, 15) is 9.90 Å². The van der Waals surface area contributed by atoms with Gasteiger partial charge in [-0.1, -0.05) is 6.07 Å². The number of anilines is 1. The predicted octanol–water partition coefficient (Wildman–Crippen LogP) is 2.77. The molecule has 27 heavy (non-hydrogen) atoms. The van der Waals surface area contributed by atoms with Crippen molar-refractivity contribution in [2.75, 3.05) is 25.8 Å². The second kappa shape index (κ2) is 7.00. The van der Waals surface area contributed by atoms with Gasteiger partial charge in [-0.15, -0.1) is 0 Å². The lowest BCUT2D eigenvalue weighted by molar-refractivity contribution is 0.0220. The van der Waals surface area contributed by atoms with E-state index in [4.69, 9.17) is 14.2 Å². The lowest BCUT2D eigenvalue weighted by Crippen LogP contribution is -2.44. The number of urea groups is 1. The molecule has 0 saturated heterocycles. The zero-order valence-corrected chi connectivity index (χ0v) is 15.1. The highest BCUT2D eigenvalue weighted by Gasteiger charge is 2.34. The smallest absolute Gasteiger partial charge is 0.319 e. The second-order valence-corrected chi connectivity index (χ2v) is 6.78. The fraction of sp³-hybridized carbons (Fsp3) is 0.350. The third kappa shape index (κ3) is 3.50. The van der Waals surface area contributed by atoms with Crippen LogP contribution in [0.15, 0.2) is 36.4 Å². The molecular formula is C20H22N2O5. The number of rotatable bonds is 4. The van der Waals surface area contributed by atoms with Gasteiger partial charge in [0.2, 0.25) is 6.79 Å². The number of hydrogen-bond acceptors (Lipinski definition) is 5. The fourth-order valence-corrected chi connectivity index (χ4v) is 3.62. The number of ether oxygens (including phenoxy) is 3. The van der Waals surface area contributed by atoms with Gasteiger partial charge in [0.25, 0.3) is 0 Å². The molecule has 1 heterocycles. The molecule has 0 aromatic heterocycles. The van der Waals surface area contributed by atoms with E-state index in [2.05, 4.69) is 10.6 Å². The predicted molar refractivity (Wildman–Crippen MR) is 99.4 cm³/mol. The summed E-state index contributed by atoms with van der Waals surface area (Å²) < 4.78 is 15.8. The molecule has 2 amide bonds. The van der Waals surface area contributed by atoms with E-state index < -0.39 is 5.60 Å². The molecule has 7 heteroatoms. The van der Waals surface area contributed by atoms with Gasteiger partial charge in [0.15, 0.2) is 11.5 Å². The van der Waals surface area contributed by atoms with Gasteiger partial charge in [0.1, 0.15) is 11.4 Å². The molecule has 0 spiro atoms. The average molecular weight is 370 g/mol. The first-order chi connectivity index (χ1) is 13.1. The average Bonchev–Trinajstić information content (AvgIpc) is 3.14. The number of fused-ring (bicyclic) bond motifs is 2. The summed E-state index contributed by atoms with van der Waals surface area (Å²) in [5, 5.41) is 16.6. The van der Waals surface area contributed by atoms with Gasteiger partial charge in [0.05, 0.1) is 13.7 Å². The van der Waals surface area contributed by atoms with Crippen molar-refractivity contribution in [2.24, 2.45) is 0 Å². The topological polar surface area (TPSA) is 89.1 Å². The van der Waals surface area contributed by atoms with Gasteiger partial charge < -0.3 is 30.0 Å². The molecule has 1 aliphatic carbocycles. The van der Waals surface area contributed by atoms with Gasteiger partial charge in [-0.2, -0.15) is 0 Å². The molecule has 3 N–H and O–H groups in total. The maximum atomic E-state index is 12.3. The van der Waals surface area contributed by atoms with E-state index in [1.807, 2.05) is 18.2 Å². The maximum Gasteiger partial charge on any atom is 0.319 e. The standard InChI is InChI=1S/C20H22N2O5/c1-25-15-5-6-16-13(9-15)3-2-8-20(16,24)11-21-19(23)22-14-4-7-17-18(10-14)27-12-26-17/h4-7,9-10,24H,2-3,8,11-12H2,1H3,(H2,21,22,23). The van der Waals surface area contributed by atoms with Crippen LogP contribution < -0.4 is 24.8 Å². The van der Waals surface area contributed by atoms with Crippen LogP contribution in [0.5, 0.6) is 17.2 Å². The third-order valence-electron chi connectivity index (χ3n) is 5.02. The number of aryl methyl sites for hydroxylation is 1. The summed E-state index contributed by atoms with van der Waals surface area (Å²) in [6.07, 6.45) is 2.33. The Balaban J connectivity index is 1.42. The molecule has 142 valence electrons. The van der Waals surface area contributed by atoms with Crippen molar-refractivity contribution in [3.63, 3.8) is 0 Å². The minimum absolute atomic E-state index is 0.128. The van der Waals surface area contributed by atoms with Crippen LogP contribution in [0.25, 0.3) is 0 Å². The van der Waals surface area contributed by atoms with E-state index in [-0.39, 0.29) is 19.4 Å². The first-order valence-corrected chi connectivity index (χ1v) is 8.92. The van der Waals surface area contributed by atoms with Crippen LogP contribution in [0.2, 0.25) is 0 Å². The van der Waals surface area contributed by atoms with Gasteiger partial charge in [-0.3, -0.25) is 0 Å². The Morgan fingerprint density at radius 3 is 2.93 bits per heavy atom. The third-order valence-corrected chi connectivity index (χ3v) is 5.02. The monoisotopic (exact) mass is 370 g/mol. The minimum Gasteiger partial charge on any atom is -0.497 e. The van der Waals surface area contributed by atoms with Crippen molar-refractivity contribution in [1.82, 2.24) is 5.32 Å². The van der Waals surface area contributed by atoms with E-state index >= 15 is 0 Å². The summed E-state index contributed by atoms with van der Waals surface area (Å²) in [4.78, 5) is 12.3. The highest BCUT2D eigenvalue weighted by Crippen LogP contribution is 2.37. The molecule has 7 nitrogen and oxygen atoms in total. The normalized spacial score (nSPS) is 19.9. The summed E-state index contributed by atoms with van der Waals surface area (Å²) in [5.74, 6) is 2.03. The summed E-state index contributed by atoms with van der Waals surface area (Å²) in [6.45, 7) is 0.310. The van der Waals surface area contributed by atoms with Crippen molar-refractivity contribution in [1.29, 1.82) is 0 Å². The van der Waals surface area contributed by atoms with Crippen LogP contribution in [-0.2, 0) is 12.0 Å². The SMILES string of the molecule is COc1ccc2c(c1)CCCC2(O)CNC(=O)Nc1ccc2c(c1)OCO2. The van der Waals surface area contributed by atoms with Crippen LogP contribution >= 0.6 is 0 Å². The molecule has 0 radical (unpaired) electrons. The second-order valence-electron chi connectivity index (χ2n) is 6.78. The Morgan fingerprint density at radius 2 is 2.07 bits per heavy atom. The van der Waals surface area contributed by atoms with E-state index in [1.165, 1.54) is 0 Å². The van der Waals surface area contributed by atoms with Crippen molar-refractivity contribution < 1.29 is 24.1 Å². The molecule has 0 bridgehead atoms. The molecule has 0 fully saturated rings. The van der Waals surface area contributed by atoms with Gasteiger partial charge >= 0.3 is 6.03 Å². The van der Waals surface area contributed by atoms with Crippen LogP contribution in [0.3, 0.4) is 0 Å². The summed E-state index contributed by atoms with van der Waals surface area (Å²) >= 11 is 0. The van der Waals surface area contributed by atoms with Crippen molar-refractivity contribution in [2.45, 2.75) is 24.9 Å². The van der Waals surface area contributed by atoms with Crippen molar-refractivity contribution in [3.8, 4) is 17.2 Å². The van der Waals surface area contributed by atoms with E-state index in [0.717, 1.165) is 29.7 Å². The van der Waals surface area contributed by atoms with Crippen LogP contribution in [0, 0.1) is 0 Å². The van der Waals surface area contributed by atoms with Crippen LogP contribution in [0.4, 0.5) is 10.5 Å². The molecule has 1 atom stereocenters. The molecular weight excluding hydrogens is 348 g/mol. The minimum atomic E-state index is -1.09. The summed E-state index contributed by atoms with van der Waals surface area (Å²) in [7, 11) is 1.62. The molecule has 4 rings (SSSR count). The fourth-order valence-electron chi connectivity index (χ4n) is 3.62. The molecule has 1 unspecified atom stereocenters. The van der Waals surface area contributed by atoms with E-state index in [0.29, 0.717) is 23.6 Å². The van der Waals surface area contributed by atoms with Crippen LogP contribution in [0.1, 0.15) is 24.0 Å². The first-order valence-electron chi connectivity index (χ1n) is 8.92. The highest BCUT2D eigenvalue weighted by molar-refractivity contribution is 5.89. The largest absolute Gasteiger partial charge is 0.497 e. The molecule has 2 aromatic carbocycles. The van der Waals surface area contributed by atoms with Gasteiger partial charge in [0, 0.05) is 11.8 Å². The zero-order chi connectivity index (χ0) is 18.9. The molecule has 2 aliphatic rings. The number of amides is 2. The van der Waals surface area contributed by atoms with Crippen molar-refractivity contribution >= 4 is 11.7 Å². The molecule has 1 aliphatic heterocycles. The van der Waals surface area contributed by atoms with Gasteiger partial charge in [-0.05, 0) is 54.7 Å².